The van der Waals surface area contributed by atoms with Crippen LogP contribution in [-0.2, 0) is 9.53 Å². The number of hydrogen-bond donors (Lipinski definition) is 2. The third-order valence-electron chi connectivity index (χ3n) is 5.34. The molecule has 1 aromatic heterocycles. The van der Waals surface area contributed by atoms with Gasteiger partial charge in [-0.1, -0.05) is 38.8 Å². The van der Waals surface area contributed by atoms with Crippen molar-refractivity contribution in [2.24, 2.45) is 11.8 Å². The van der Waals surface area contributed by atoms with Crippen LogP contribution in [0.15, 0.2) is 35.1 Å². The Bertz CT molecular complexity index is 873. The topological polar surface area (TPSA) is 88.3 Å². The molecule has 6 heteroatoms. The minimum absolute atomic E-state index is 0.0427. The number of para-hydroxylation sites is 1. The lowest BCUT2D eigenvalue weighted by atomic mass is 9.78. The van der Waals surface area contributed by atoms with E-state index in [1.165, 1.54) is 12.5 Å². The van der Waals surface area contributed by atoms with Crippen LogP contribution >= 0.6 is 0 Å². The van der Waals surface area contributed by atoms with Crippen molar-refractivity contribution in [1.82, 2.24) is 10.3 Å². The van der Waals surface area contributed by atoms with Crippen molar-refractivity contribution >= 4 is 22.8 Å². The Kier molecular flexibility index (Phi) is 5.40. The first-order valence-corrected chi connectivity index (χ1v) is 9.04. The lowest BCUT2D eigenvalue weighted by molar-refractivity contribution is -0.125. The molecule has 0 aliphatic heterocycles. The molecule has 0 spiro atoms. The van der Waals surface area contributed by atoms with E-state index in [4.69, 9.17) is 4.74 Å². The maximum atomic E-state index is 12.2. The molecule has 0 bridgehead atoms. The van der Waals surface area contributed by atoms with Gasteiger partial charge in [0.05, 0.1) is 0 Å². The Morgan fingerprint density at radius 1 is 1.23 bits per heavy atom. The van der Waals surface area contributed by atoms with Crippen LogP contribution in [0.25, 0.3) is 10.9 Å². The maximum absolute atomic E-state index is 12.2. The molecular formula is C20H24N2O4. The molecule has 2 aromatic rings. The second-order valence-corrected chi connectivity index (χ2v) is 7.11. The van der Waals surface area contributed by atoms with Gasteiger partial charge in [0, 0.05) is 23.0 Å². The number of benzene rings is 1. The van der Waals surface area contributed by atoms with E-state index in [-0.39, 0.29) is 29.7 Å². The molecule has 138 valence electrons. The molecule has 1 aliphatic carbocycles. The van der Waals surface area contributed by atoms with E-state index in [1.54, 1.807) is 24.3 Å². The average Bonchev–Trinajstić information content (AvgIpc) is 2.63. The second kappa shape index (κ2) is 7.72. The normalized spacial score (nSPS) is 22.8. The molecule has 6 nitrogen and oxygen atoms in total. The van der Waals surface area contributed by atoms with Gasteiger partial charge in [0.2, 0.25) is 0 Å². The van der Waals surface area contributed by atoms with Crippen molar-refractivity contribution in [3.8, 4) is 0 Å². The predicted molar refractivity (Wildman–Crippen MR) is 99.0 cm³/mol. The highest BCUT2D eigenvalue weighted by molar-refractivity contribution is 5.92. The molecule has 1 aromatic carbocycles. The quantitative estimate of drug-likeness (QED) is 0.824. The van der Waals surface area contributed by atoms with Crippen molar-refractivity contribution in [1.29, 1.82) is 0 Å². The lowest BCUT2D eigenvalue weighted by Gasteiger charge is -2.34. The third kappa shape index (κ3) is 3.95. The molecule has 2 N–H and O–H groups in total. The number of carbonyl (C=O) groups excluding carboxylic acids is 2. The number of fused-ring (bicyclic) bond motifs is 1. The van der Waals surface area contributed by atoms with Crippen LogP contribution in [0.3, 0.4) is 0 Å². The first kappa shape index (κ1) is 18.2. The van der Waals surface area contributed by atoms with Crippen molar-refractivity contribution in [3.63, 3.8) is 0 Å². The average molecular weight is 356 g/mol. The van der Waals surface area contributed by atoms with Crippen LogP contribution in [0.5, 0.6) is 0 Å². The van der Waals surface area contributed by atoms with Gasteiger partial charge in [-0.3, -0.25) is 9.59 Å². The van der Waals surface area contributed by atoms with Crippen LogP contribution in [0, 0.1) is 11.8 Å². The van der Waals surface area contributed by atoms with E-state index in [0.29, 0.717) is 22.7 Å². The van der Waals surface area contributed by atoms with Crippen molar-refractivity contribution < 1.29 is 14.3 Å². The molecule has 0 radical (unpaired) electrons. The first-order chi connectivity index (χ1) is 12.5. The molecule has 0 saturated heterocycles. The summed E-state index contributed by atoms with van der Waals surface area (Å²) in [6.45, 7) is 3.98. The summed E-state index contributed by atoms with van der Waals surface area (Å²) in [5.41, 5.74) is 0.336. The van der Waals surface area contributed by atoms with Crippen LogP contribution in [-0.4, -0.2) is 29.5 Å². The monoisotopic (exact) mass is 356 g/mol. The molecule has 1 amide bonds. The maximum Gasteiger partial charge on any atom is 0.355 e. The summed E-state index contributed by atoms with van der Waals surface area (Å²) >= 11 is 0. The number of rotatable bonds is 4. The van der Waals surface area contributed by atoms with E-state index in [9.17, 15) is 14.4 Å². The largest absolute Gasteiger partial charge is 0.451 e. The summed E-state index contributed by atoms with van der Waals surface area (Å²) in [6.07, 6.45) is 3.22. The molecule has 1 fully saturated rings. The van der Waals surface area contributed by atoms with E-state index >= 15 is 0 Å². The molecule has 1 aliphatic rings. The Hall–Kier alpha value is -2.63. The van der Waals surface area contributed by atoms with E-state index in [2.05, 4.69) is 24.1 Å². The summed E-state index contributed by atoms with van der Waals surface area (Å²) < 4.78 is 5.08. The first-order valence-electron chi connectivity index (χ1n) is 9.04. The number of nitrogens with one attached hydrogen (secondary N) is 2. The smallest absolute Gasteiger partial charge is 0.355 e. The Morgan fingerprint density at radius 2 is 2.00 bits per heavy atom. The Labute approximate surface area is 151 Å². The van der Waals surface area contributed by atoms with Crippen LogP contribution in [0.4, 0.5) is 0 Å². The zero-order chi connectivity index (χ0) is 18.7. The number of ether oxygens (including phenoxy) is 1. The Morgan fingerprint density at radius 3 is 2.81 bits per heavy atom. The minimum Gasteiger partial charge on any atom is -0.451 e. The van der Waals surface area contributed by atoms with Gasteiger partial charge in [0.15, 0.2) is 12.0 Å². The van der Waals surface area contributed by atoms with E-state index in [1.807, 2.05) is 0 Å². The van der Waals surface area contributed by atoms with Crippen molar-refractivity contribution in [2.45, 2.75) is 39.2 Å². The number of aromatic nitrogens is 1. The molecule has 1 saturated carbocycles. The fourth-order valence-corrected chi connectivity index (χ4v) is 3.55. The van der Waals surface area contributed by atoms with Crippen LogP contribution in [0.2, 0.25) is 0 Å². The van der Waals surface area contributed by atoms with Gasteiger partial charge in [0.1, 0.15) is 5.69 Å². The zero-order valence-corrected chi connectivity index (χ0v) is 15.1. The summed E-state index contributed by atoms with van der Waals surface area (Å²) in [4.78, 5) is 39.2. The Balaban J connectivity index is 1.60. The number of amides is 1. The van der Waals surface area contributed by atoms with Crippen LogP contribution < -0.4 is 10.7 Å². The molecule has 0 unspecified atom stereocenters. The standard InChI is InChI=1S/C20H24N2O4/c1-12-6-5-9-15(13(12)2)22-19(24)11-26-20(25)17-10-18(23)14-7-3-4-8-16(14)21-17/h3-4,7-8,10,12-13,15H,5-6,9,11H2,1-2H3,(H,21,23)(H,22,24)/t12-,13-,15+/m1/s1. The second-order valence-electron chi connectivity index (χ2n) is 7.11. The highest BCUT2D eigenvalue weighted by atomic mass is 16.5. The molecule has 1 heterocycles. The fourth-order valence-electron chi connectivity index (χ4n) is 3.55. The summed E-state index contributed by atoms with van der Waals surface area (Å²) in [6, 6.07) is 8.24. The fraction of sp³-hybridized carbons (Fsp3) is 0.450. The predicted octanol–water partition coefficient (Wildman–Crippen LogP) is 2.63. The number of aromatic amines is 1. The van der Waals surface area contributed by atoms with Crippen molar-refractivity contribution in [3.05, 3.63) is 46.2 Å². The van der Waals surface area contributed by atoms with Crippen molar-refractivity contribution in [2.75, 3.05) is 6.61 Å². The summed E-state index contributed by atoms with van der Waals surface area (Å²) in [5, 5.41) is 3.46. The molecule has 3 atom stereocenters. The van der Waals surface area contributed by atoms with Gasteiger partial charge >= 0.3 is 5.97 Å². The van der Waals surface area contributed by atoms with Crippen LogP contribution in [0.1, 0.15) is 43.6 Å². The molecular weight excluding hydrogens is 332 g/mol. The molecule has 26 heavy (non-hydrogen) atoms. The number of pyridine rings is 1. The number of esters is 1. The zero-order valence-electron chi connectivity index (χ0n) is 15.1. The van der Waals surface area contributed by atoms with Gasteiger partial charge < -0.3 is 15.0 Å². The third-order valence-corrected chi connectivity index (χ3v) is 5.34. The molecule has 3 rings (SSSR count). The van der Waals surface area contributed by atoms with Gasteiger partial charge in [-0.25, -0.2) is 4.79 Å². The van der Waals surface area contributed by atoms with Gasteiger partial charge in [-0.05, 0) is 30.4 Å². The lowest BCUT2D eigenvalue weighted by Crippen LogP contribution is -2.45. The summed E-state index contributed by atoms with van der Waals surface area (Å²) in [7, 11) is 0. The summed E-state index contributed by atoms with van der Waals surface area (Å²) in [5.74, 6) is -0.0555. The highest BCUT2D eigenvalue weighted by Crippen LogP contribution is 2.29. The van der Waals surface area contributed by atoms with E-state index in [0.717, 1.165) is 12.8 Å². The highest BCUT2D eigenvalue weighted by Gasteiger charge is 2.28. The van der Waals surface area contributed by atoms with Gasteiger partial charge in [-0.2, -0.15) is 0 Å². The van der Waals surface area contributed by atoms with Gasteiger partial charge in [-0.15, -0.1) is 0 Å². The number of hydrogen-bond acceptors (Lipinski definition) is 4. The number of H-pyrrole nitrogens is 1. The SMILES string of the molecule is C[C@@H]1[C@H](C)CCC[C@@H]1NC(=O)COC(=O)c1cc(=O)c2ccccc2[nH]1. The van der Waals surface area contributed by atoms with Gasteiger partial charge in [0.25, 0.3) is 5.91 Å². The minimum atomic E-state index is -0.715. The number of carbonyl (C=O) groups is 2. The van der Waals surface area contributed by atoms with E-state index < -0.39 is 5.97 Å².